The molecule has 1 aromatic heterocycles. The van der Waals surface area contributed by atoms with Gasteiger partial charge in [0.2, 0.25) is 0 Å². The first-order chi connectivity index (χ1) is 12.5. The van der Waals surface area contributed by atoms with E-state index in [1.54, 1.807) is 18.2 Å². The lowest BCUT2D eigenvalue weighted by Crippen LogP contribution is -2.59. The fourth-order valence-corrected chi connectivity index (χ4v) is 6.13. The Balaban J connectivity index is 1.35. The Morgan fingerprint density at radius 2 is 1.62 bits per heavy atom. The number of rotatable bonds is 3. The van der Waals surface area contributed by atoms with Gasteiger partial charge in [0.15, 0.2) is 5.76 Å². The fourth-order valence-electron chi connectivity index (χ4n) is 5.83. The van der Waals surface area contributed by atoms with Gasteiger partial charge >= 0.3 is 0 Å². The third kappa shape index (κ3) is 2.86. The number of halogens is 2. The highest BCUT2D eigenvalue weighted by Crippen LogP contribution is 2.55. The first kappa shape index (κ1) is 16.7. The molecule has 1 N–H and O–H groups in total. The summed E-state index contributed by atoms with van der Waals surface area (Å²) in [5.41, 5.74) is 0.802. The number of benzene rings is 1. The predicted molar refractivity (Wildman–Crippen MR) is 103 cm³/mol. The van der Waals surface area contributed by atoms with E-state index in [0.717, 1.165) is 42.6 Å². The summed E-state index contributed by atoms with van der Waals surface area (Å²) in [6.07, 6.45) is 7.47. The zero-order valence-corrected chi connectivity index (χ0v) is 15.9. The van der Waals surface area contributed by atoms with Crippen LogP contribution in [0.3, 0.4) is 0 Å². The van der Waals surface area contributed by atoms with Crippen molar-refractivity contribution in [2.24, 2.45) is 17.8 Å². The van der Waals surface area contributed by atoms with Crippen LogP contribution in [0.25, 0.3) is 11.3 Å². The predicted octanol–water partition coefficient (Wildman–Crippen LogP) is 5.95. The molecule has 0 aliphatic heterocycles. The van der Waals surface area contributed by atoms with Crippen LogP contribution in [0.5, 0.6) is 0 Å². The van der Waals surface area contributed by atoms with Crippen molar-refractivity contribution >= 4 is 29.1 Å². The van der Waals surface area contributed by atoms with Crippen LogP contribution >= 0.6 is 23.2 Å². The average molecular weight is 390 g/mol. The summed E-state index contributed by atoms with van der Waals surface area (Å²) in [5.74, 6) is 3.28. The van der Waals surface area contributed by atoms with E-state index < -0.39 is 0 Å². The molecule has 4 bridgehead atoms. The van der Waals surface area contributed by atoms with E-state index in [2.05, 4.69) is 5.32 Å². The first-order valence-electron chi connectivity index (χ1n) is 9.37. The van der Waals surface area contributed by atoms with Crippen LogP contribution in [-0.4, -0.2) is 11.4 Å². The zero-order valence-electron chi connectivity index (χ0n) is 14.4. The van der Waals surface area contributed by atoms with E-state index in [-0.39, 0.29) is 11.4 Å². The zero-order chi connectivity index (χ0) is 17.9. The molecule has 0 unspecified atom stereocenters. The van der Waals surface area contributed by atoms with Crippen molar-refractivity contribution in [1.82, 2.24) is 5.32 Å². The number of hydrogen-bond donors (Lipinski definition) is 1. The van der Waals surface area contributed by atoms with Crippen LogP contribution in [0, 0.1) is 17.8 Å². The highest BCUT2D eigenvalue weighted by molar-refractivity contribution is 6.42. The van der Waals surface area contributed by atoms with E-state index in [1.807, 2.05) is 12.1 Å². The van der Waals surface area contributed by atoms with E-state index >= 15 is 0 Å². The van der Waals surface area contributed by atoms with Crippen molar-refractivity contribution in [3.8, 4) is 11.3 Å². The lowest BCUT2D eigenvalue weighted by molar-refractivity contribution is -0.0171. The van der Waals surface area contributed by atoms with Gasteiger partial charge in [-0.1, -0.05) is 23.2 Å². The van der Waals surface area contributed by atoms with Gasteiger partial charge in [-0.05, 0) is 86.6 Å². The molecule has 0 atom stereocenters. The van der Waals surface area contributed by atoms with E-state index in [4.69, 9.17) is 27.6 Å². The highest BCUT2D eigenvalue weighted by atomic mass is 35.5. The Kier molecular flexibility index (Phi) is 3.88. The standard InChI is InChI=1S/C21H21Cl2NO2/c22-16-2-1-15(8-17(16)23)18-3-4-19(26-18)20(25)24-21-9-12-5-13(10-21)7-14(6-12)11-21/h1-4,8,12-14H,5-7,9-11H2,(H,24,25). The normalized spacial score (nSPS) is 32.0. The molecule has 1 heterocycles. The lowest BCUT2D eigenvalue weighted by atomic mass is 9.53. The topological polar surface area (TPSA) is 42.2 Å². The molecule has 4 aliphatic rings. The van der Waals surface area contributed by atoms with Gasteiger partial charge in [0.1, 0.15) is 5.76 Å². The molecule has 2 aromatic rings. The second-order valence-electron chi connectivity index (χ2n) is 8.44. The molecule has 0 radical (unpaired) electrons. The molecular weight excluding hydrogens is 369 g/mol. The molecule has 136 valence electrons. The Morgan fingerprint density at radius 3 is 2.23 bits per heavy atom. The first-order valence-corrected chi connectivity index (χ1v) is 10.1. The Bertz CT molecular complexity index is 837. The van der Waals surface area contributed by atoms with Crippen molar-refractivity contribution in [2.45, 2.75) is 44.1 Å². The number of nitrogens with one attached hydrogen (secondary N) is 1. The van der Waals surface area contributed by atoms with Gasteiger partial charge < -0.3 is 9.73 Å². The third-order valence-corrected chi connectivity index (χ3v) is 7.19. The number of hydrogen-bond acceptors (Lipinski definition) is 2. The summed E-state index contributed by atoms with van der Waals surface area (Å²) in [7, 11) is 0. The molecule has 26 heavy (non-hydrogen) atoms. The molecule has 0 saturated heterocycles. The van der Waals surface area contributed by atoms with Crippen molar-refractivity contribution in [3.63, 3.8) is 0 Å². The molecule has 1 amide bonds. The number of furan rings is 1. The smallest absolute Gasteiger partial charge is 0.287 e. The molecule has 4 fully saturated rings. The SMILES string of the molecule is O=C(NC12CC3CC(CC(C3)C1)C2)c1ccc(-c2ccc(Cl)c(Cl)c2)o1. The fraction of sp³-hybridized carbons (Fsp3) is 0.476. The molecule has 6 rings (SSSR count). The molecule has 3 nitrogen and oxygen atoms in total. The number of carbonyl (C=O) groups is 1. The van der Waals surface area contributed by atoms with Gasteiger partial charge in [-0.3, -0.25) is 4.79 Å². The second kappa shape index (κ2) is 6.03. The molecular formula is C21H21Cl2NO2. The minimum atomic E-state index is -0.0988. The Labute approximate surface area is 163 Å². The number of amides is 1. The van der Waals surface area contributed by atoms with Gasteiger partial charge in [-0.15, -0.1) is 0 Å². The summed E-state index contributed by atoms with van der Waals surface area (Å²) in [5, 5.41) is 4.32. The summed E-state index contributed by atoms with van der Waals surface area (Å²) in [4.78, 5) is 12.8. The second-order valence-corrected chi connectivity index (χ2v) is 9.26. The lowest BCUT2D eigenvalue weighted by Gasteiger charge is -2.56. The van der Waals surface area contributed by atoms with E-state index in [9.17, 15) is 4.79 Å². The monoisotopic (exact) mass is 389 g/mol. The van der Waals surface area contributed by atoms with Gasteiger partial charge in [0.05, 0.1) is 10.0 Å². The van der Waals surface area contributed by atoms with Crippen LogP contribution < -0.4 is 5.32 Å². The minimum absolute atomic E-state index is 0.0115. The van der Waals surface area contributed by atoms with Gasteiger partial charge in [0.25, 0.3) is 5.91 Å². The van der Waals surface area contributed by atoms with Crippen molar-refractivity contribution < 1.29 is 9.21 Å². The average Bonchev–Trinajstić information content (AvgIpc) is 3.06. The van der Waals surface area contributed by atoms with Crippen LogP contribution in [0.15, 0.2) is 34.7 Å². The van der Waals surface area contributed by atoms with E-state index in [0.29, 0.717) is 21.6 Å². The number of carbonyl (C=O) groups excluding carboxylic acids is 1. The molecule has 1 aromatic carbocycles. The summed E-state index contributed by atoms with van der Waals surface area (Å²) < 4.78 is 5.83. The van der Waals surface area contributed by atoms with Gasteiger partial charge in [-0.2, -0.15) is 0 Å². The third-order valence-electron chi connectivity index (χ3n) is 6.45. The Morgan fingerprint density at radius 1 is 0.962 bits per heavy atom. The van der Waals surface area contributed by atoms with Crippen molar-refractivity contribution in [2.75, 3.05) is 0 Å². The maximum Gasteiger partial charge on any atom is 0.287 e. The van der Waals surface area contributed by atoms with Crippen LogP contribution in [0.1, 0.15) is 49.1 Å². The maximum atomic E-state index is 12.8. The van der Waals surface area contributed by atoms with Crippen molar-refractivity contribution in [1.29, 1.82) is 0 Å². The van der Waals surface area contributed by atoms with Crippen LogP contribution in [0.4, 0.5) is 0 Å². The summed E-state index contributed by atoms with van der Waals surface area (Å²) >= 11 is 12.1. The molecule has 4 aliphatic carbocycles. The Hall–Kier alpha value is -1.45. The van der Waals surface area contributed by atoms with Crippen molar-refractivity contribution in [3.05, 3.63) is 46.1 Å². The molecule has 0 spiro atoms. The largest absolute Gasteiger partial charge is 0.451 e. The highest BCUT2D eigenvalue weighted by Gasteiger charge is 2.51. The van der Waals surface area contributed by atoms with Crippen LogP contribution in [0.2, 0.25) is 10.0 Å². The maximum absolute atomic E-state index is 12.8. The van der Waals surface area contributed by atoms with E-state index in [1.165, 1.54) is 19.3 Å². The van der Waals surface area contributed by atoms with Gasteiger partial charge in [0, 0.05) is 11.1 Å². The summed E-state index contributed by atoms with van der Waals surface area (Å²) in [6.45, 7) is 0. The molecule has 5 heteroatoms. The molecule has 4 saturated carbocycles. The van der Waals surface area contributed by atoms with Gasteiger partial charge in [-0.25, -0.2) is 0 Å². The minimum Gasteiger partial charge on any atom is -0.451 e. The quantitative estimate of drug-likeness (QED) is 0.704. The van der Waals surface area contributed by atoms with Crippen LogP contribution in [-0.2, 0) is 0 Å². The summed E-state index contributed by atoms with van der Waals surface area (Å²) in [6, 6.07) is 8.88.